The first kappa shape index (κ1) is 8.16. The number of rotatable bonds is 0. The molecule has 0 aromatic carbocycles. The highest BCUT2D eigenvalue weighted by Gasteiger charge is 2.16. The van der Waals surface area contributed by atoms with Crippen LogP contribution in [0.1, 0.15) is 0 Å². The van der Waals surface area contributed by atoms with Gasteiger partial charge in [0.15, 0.2) is 5.65 Å². The second-order valence-corrected chi connectivity index (χ2v) is 3.32. The second kappa shape index (κ2) is 2.91. The molecule has 74 valence electrons. The summed E-state index contributed by atoms with van der Waals surface area (Å²) in [7, 11) is 0. The fraction of sp³-hybridized carbons (Fsp3) is 0.100. The van der Waals surface area contributed by atoms with Crippen molar-refractivity contribution in [3.05, 3.63) is 24.5 Å². The molecule has 5 heteroatoms. The molecule has 1 aliphatic heterocycles. The van der Waals surface area contributed by atoms with Crippen molar-refractivity contribution >= 4 is 28.3 Å². The van der Waals surface area contributed by atoms with E-state index in [0.29, 0.717) is 17.9 Å². The molecule has 2 aromatic heterocycles. The lowest BCUT2D eigenvalue weighted by Crippen LogP contribution is -2.27. The molecule has 0 bridgehead atoms. The summed E-state index contributed by atoms with van der Waals surface area (Å²) in [5.74, 6) is -0.0486. The maximum Gasteiger partial charge on any atom is 0.243 e. The Labute approximate surface area is 85.5 Å². The number of carbonyl (C=O) groups is 1. The standard InChI is InChI=1S/C10H8N4O/c15-8-5-12-9-6-2-1-3-11-10(6)13-4-7(9)14-8/h1-4,12H,5H2,(H,14,15). The van der Waals surface area contributed by atoms with Gasteiger partial charge >= 0.3 is 0 Å². The van der Waals surface area contributed by atoms with Gasteiger partial charge < -0.3 is 10.6 Å². The molecular weight excluding hydrogens is 192 g/mol. The number of nitrogens with one attached hydrogen (secondary N) is 2. The SMILES string of the molecule is O=C1CNc2c(cnc3ncccc23)N1. The van der Waals surface area contributed by atoms with Crippen molar-refractivity contribution in [2.45, 2.75) is 0 Å². The number of hydrogen-bond donors (Lipinski definition) is 2. The van der Waals surface area contributed by atoms with Crippen molar-refractivity contribution in [1.29, 1.82) is 0 Å². The normalized spacial score (nSPS) is 14.3. The van der Waals surface area contributed by atoms with Crippen LogP contribution in [0.15, 0.2) is 24.5 Å². The molecule has 2 N–H and O–H groups in total. The van der Waals surface area contributed by atoms with Crippen LogP contribution in [0.4, 0.5) is 11.4 Å². The van der Waals surface area contributed by atoms with Gasteiger partial charge in [-0.05, 0) is 12.1 Å². The molecule has 3 heterocycles. The van der Waals surface area contributed by atoms with Crippen LogP contribution in [0.2, 0.25) is 0 Å². The Morgan fingerprint density at radius 1 is 1.33 bits per heavy atom. The molecule has 0 saturated carbocycles. The molecule has 1 aliphatic rings. The molecule has 1 amide bonds. The van der Waals surface area contributed by atoms with Gasteiger partial charge in [-0.1, -0.05) is 0 Å². The Bertz CT molecular complexity index is 552. The fourth-order valence-electron chi connectivity index (χ4n) is 1.68. The van der Waals surface area contributed by atoms with Crippen LogP contribution >= 0.6 is 0 Å². The Morgan fingerprint density at radius 2 is 2.27 bits per heavy atom. The first-order valence-corrected chi connectivity index (χ1v) is 4.62. The number of pyridine rings is 2. The van der Waals surface area contributed by atoms with Crippen molar-refractivity contribution in [2.75, 3.05) is 17.2 Å². The van der Waals surface area contributed by atoms with Crippen molar-refractivity contribution in [2.24, 2.45) is 0 Å². The zero-order chi connectivity index (χ0) is 10.3. The van der Waals surface area contributed by atoms with Crippen LogP contribution in [-0.2, 0) is 4.79 Å². The highest BCUT2D eigenvalue weighted by Crippen LogP contribution is 2.30. The minimum atomic E-state index is -0.0486. The number of aromatic nitrogens is 2. The summed E-state index contributed by atoms with van der Waals surface area (Å²) in [6, 6.07) is 3.78. The number of fused-ring (bicyclic) bond motifs is 3. The van der Waals surface area contributed by atoms with Gasteiger partial charge in [-0.25, -0.2) is 9.97 Å². The van der Waals surface area contributed by atoms with Gasteiger partial charge in [0.05, 0.1) is 24.1 Å². The molecule has 15 heavy (non-hydrogen) atoms. The minimum Gasteiger partial charge on any atom is -0.374 e. The minimum absolute atomic E-state index is 0.0486. The molecule has 3 rings (SSSR count). The first-order valence-electron chi connectivity index (χ1n) is 4.62. The molecule has 0 saturated heterocycles. The summed E-state index contributed by atoms with van der Waals surface area (Å²) in [5, 5.41) is 6.75. The van der Waals surface area contributed by atoms with E-state index in [2.05, 4.69) is 20.6 Å². The van der Waals surface area contributed by atoms with E-state index in [1.54, 1.807) is 12.4 Å². The molecular formula is C10H8N4O. The lowest BCUT2D eigenvalue weighted by Gasteiger charge is -2.19. The molecule has 2 aromatic rings. The predicted octanol–water partition coefficient (Wildman–Crippen LogP) is 0.994. The van der Waals surface area contributed by atoms with E-state index >= 15 is 0 Å². The van der Waals surface area contributed by atoms with E-state index in [1.807, 2.05) is 12.1 Å². The van der Waals surface area contributed by atoms with Gasteiger partial charge in [-0.15, -0.1) is 0 Å². The Kier molecular flexibility index (Phi) is 1.58. The number of amides is 1. The molecule has 0 fully saturated rings. The third-order valence-corrected chi connectivity index (χ3v) is 2.34. The van der Waals surface area contributed by atoms with Crippen LogP contribution in [0, 0.1) is 0 Å². The number of anilines is 2. The van der Waals surface area contributed by atoms with Gasteiger partial charge in [0, 0.05) is 11.6 Å². The van der Waals surface area contributed by atoms with Crippen LogP contribution in [-0.4, -0.2) is 22.4 Å². The third kappa shape index (κ3) is 1.20. The number of hydrogen-bond acceptors (Lipinski definition) is 4. The molecule has 0 radical (unpaired) electrons. The van der Waals surface area contributed by atoms with E-state index in [1.165, 1.54) is 0 Å². The van der Waals surface area contributed by atoms with Crippen LogP contribution in [0.3, 0.4) is 0 Å². The van der Waals surface area contributed by atoms with Gasteiger partial charge in [0.2, 0.25) is 5.91 Å². The summed E-state index contributed by atoms with van der Waals surface area (Å²) < 4.78 is 0. The Hall–Kier alpha value is -2.17. The first-order chi connectivity index (χ1) is 7.34. The predicted molar refractivity (Wildman–Crippen MR) is 56.7 cm³/mol. The highest BCUT2D eigenvalue weighted by atomic mass is 16.2. The van der Waals surface area contributed by atoms with Crippen molar-refractivity contribution in [1.82, 2.24) is 9.97 Å². The maximum atomic E-state index is 11.1. The molecule has 0 atom stereocenters. The van der Waals surface area contributed by atoms with E-state index in [-0.39, 0.29) is 5.91 Å². The van der Waals surface area contributed by atoms with Gasteiger partial charge in [-0.2, -0.15) is 0 Å². The average Bonchev–Trinajstić information content (AvgIpc) is 2.28. The quantitative estimate of drug-likeness (QED) is 0.665. The summed E-state index contributed by atoms with van der Waals surface area (Å²) in [6.45, 7) is 0.293. The van der Waals surface area contributed by atoms with E-state index in [9.17, 15) is 4.79 Å². The maximum absolute atomic E-state index is 11.1. The molecule has 0 spiro atoms. The highest BCUT2D eigenvalue weighted by molar-refractivity contribution is 6.07. The van der Waals surface area contributed by atoms with Crippen LogP contribution in [0.5, 0.6) is 0 Å². The Balaban J connectivity index is 2.30. The monoisotopic (exact) mass is 200 g/mol. The van der Waals surface area contributed by atoms with Crippen LogP contribution in [0.25, 0.3) is 11.0 Å². The van der Waals surface area contributed by atoms with E-state index in [0.717, 1.165) is 11.1 Å². The van der Waals surface area contributed by atoms with Crippen LogP contribution < -0.4 is 10.6 Å². The third-order valence-electron chi connectivity index (χ3n) is 2.34. The zero-order valence-corrected chi connectivity index (χ0v) is 7.82. The number of nitrogens with zero attached hydrogens (tertiary/aromatic N) is 2. The Morgan fingerprint density at radius 3 is 3.20 bits per heavy atom. The smallest absolute Gasteiger partial charge is 0.243 e. The van der Waals surface area contributed by atoms with Gasteiger partial charge in [-0.3, -0.25) is 4.79 Å². The van der Waals surface area contributed by atoms with Crippen molar-refractivity contribution < 1.29 is 4.79 Å². The molecule has 0 aliphatic carbocycles. The van der Waals surface area contributed by atoms with Crippen molar-refractivity contribution in [3.8, 4) is 0 Å². The summed E-state index contributed by atoms with van der Waals surface area (Å²) in [5.41, 5.74) is 2.29. The molecule has 5 nitrogen and oxygen atoms in total. The number of carbonyl (C=O) groups excluding carboxylic acids is 1. The second-order valence-electron chi connectivity index (χ2n) is 3.32. The van der Waals surface area contributed by atoms with Gasteiger partial charge in [0.1, 0.15) is 0 Å². The van der Waals surface area contributed by atoms with Gasteiger partial charge in [0.25, 0.3) is 0 Å². The average molecular weight is 200 g/mol. The lowest BCUT2D eigenvalue weighted by molar-refractivity contribution is -0.114. The van der Waals surface area contributed by atoms with Crippen molar-refractivity contribution in [3.63, 3.8) is 0 Å². The zero-order valence-electron chi connectivity index (χ0n) is 7.82. The summed E-state index contributed by atoms with van der Waals surface area (Å²) in [6.07, 6.45) is 3.32. The topological polar surface area (TPSA) is 66.9 Å². The van der Waals surface area contributed by atoms with E-state index in [4.69, 9.17) is 0 Å². The van der Waals surface area contributed by atoms with E-state index < -0.39 is 0 Å². The summed E-state index contributed by atoms with van der Waals surface area (Å²) >= 11 is 0. The lowest BCUT2D eigenvalue weighted by atomic mass is 10.2. The summed E-state index contributed by atoms with van der Waals surface area (Å²) in [4.78, 5) is 19.5. The fourth-order valence-corrected chi connectivity index (χ4v) is 1.68. The molecule has 0 unspecified atom stereocenters. The largest absolute Gasteiger partial charge is 0.374 e.